The van der Waals surface area contributed by atoms with Gasteiger partial charge < -0.3 is 14.6 Å². The molecule has 0 amide bonds. The molecule has 170 valence electrons. The lowest BCUT2D eigenvalue weighted by Gasteiger charge is -2.34. The number of aromatic nitrogens is 6. The molecule has 1 fully saturated rings. The third-order valence-electron chi connectivity index (χ3n) is 6.45. The van der Waals surface area contributed by atoms with Crippen molar-refractivity contribution in [3.63, 3.8) is 0 Å². The van der Waals surface area contributed by atoms with Gasteiger partial charge in [-0.15, -0.1) is 11.3 Å². The van der Waals surface area contributed by atoms with Crippen LogP contribution in [0.5, 0.6) is 0 Å². The number of pyridine rings is 1. The number of fused-ring (bicyclic) bond motifs is 2. The monoisotopic (exact) mass is 470 g/mol. The molecule has 6 rings (SSSR count). The number of nitriles is 1. The molecule has 0 saturated carbocycles. The van der Waals surface area contributed by atoms with Gasteiger partial charge in [0.25, 0.3) is 0 Å². The highest BCUT2D eigenvalue weighted by atomic mass is 32.1. The predicted octanol–water partition coefficient (Wildman–Crippen LogP) is 4.04. The zero-order chi connectivity index (χ0) is 23.4. The Morgan fingerprint density at radius 3 is 2.97 bits per heavy atom. The highest BCUT2D eigenvalue weighted by Crippen LogP contribution is 2.42. The predicted molar refractivity (Wildman–Crippen MR) is 132 cm³/mol. The van der Waals surface area contributed by atoms with E-state index in [-0.39, 0.29) is 6.04 Å². The maximum Gasteiger partial charge on any atom is 0.170 e. The van der Waals surface area contributed by atoms with Gasteiger partial charge in [-0.2, -0.15) is 10.4 Å². The fraction of sp³-hybridized carbons (Fsp3) is 0.292. The number of hydrogen-bond donors (Lipinski definition) is 1. The number of morpholine rings is 1. The third kappa shape index (κ3) is 3.09. The molecule has 0 aromatic carbocycles. The van der Waals surface area contributed by atoms with Crippen molar-refractivity contribution in [2.75, 3.05) is 24.7 Å². The smallest absolute Gasteiger partial charge is 0.170 e. The minimum atomic E-state index is 0.185. The topological polar surface area (TPSA) is 109 Å². The minimum Gasteiger partial charge on any atom is -0.377 e. The lowest BCUT2D eigenvalue weighted by molar-refractivity contribution is 0.0987. The number of thiophene rings is 1. The van der Waals surface area contributed by atoms with Crippen molar-refractivity contribution in [3.05, 3.63) is 41.3 Å². The van der Waals surface area contributed by atoms with Crippen molar-refractivity contribution < 1.29 is 4.74 Å². The summed E-state index contributed by atoms with van der Waals surface area (Å²) in [6.07, 6.45) is 3.64. The van der Waals surface area contributed by atoms with Crippen LogP contribution in [0, 0.1) is 18.3 Å². The van der Waals surface area contributed by atoms with Gasteiger partial charge in [0.2, 0.25) is 0 Å². The number of hydrogen-bond acceptors (Lipinski definition) is 8. The van der Waals surface area contributed by atoms with Gasteiger partial charge in [-0.05, 0) is 26.0 Å². The highest BCUT2D eigenvalue weighted by molar-refractivity contribution is 7.18. The average molecular weight is 471 g/mol. The fourth-order valence-electron chi connectivity index (χ4n) is 4.60. The van der Waals surface area contributed by atoms with Crippen LogP contribution in [0.25, 0.3) is 43.8 Å². The Bertz CT molecular complexity index is 1590. The number of H-pyrrole nitrogens is 1. The molecule has 0 bridgehead atoms. The van der Waals surface area contributed by atoms with Crippen molar-refractivity contribution in [3.8, 4) is 28.6 Å². The standard InChI is InChI=1S/C24H22N8OS/c1-13-11-33-9-8-32(13)24-21-20(17(12-34-21)19-14(2)31(3)30-18(19)10-25)28-23(29-24)16-5-7-27-22-15(16)4-6-26-22/h4-7,12-13H,8-9,11H2,1-3H3,(H,26,27)/t13-/m1/s1. The maximum atomic E-state index is 9.76. The van der Waals surface area contributed by atoms with Gasteiger partial charge in [0.1, 0.15) is 11.7 Å². The molecule has 5 aromatic rings. The summed E-state index contributed by atoms with van der Waals surface area (Å²) >= 11 is 1.60. The summed E-state index contributed by atoms with van der Waals surface area (Å²) in [4.78, 5) is 20.1. The van der Waals surface area contributed by atoms with Crippen LogP contribution in [0.4, 0.5) is 5.82 Å². The Hall–Kier alpha value is -3.81. The van der Waals surface area contributed by atoms with E-state index in [0.29, 0.717) is 24.7 Å². The number of nitrogens with one attached hydrogen (secondary N) is 1. The van der Waals surface area contributed by atoms with E-state index >= 15 is 0 Å². The van der Waals surface area contributed by atoms with Gasteiger partial charge in [-0.3, -0.25) is 4.68 Å². The zero-order valence-corrected chi connectivity index (χ0v) is 19.8. The largest absolute Gasteiger partial charge is 0.377 e. The summed E-state index contributed by atoms with van der Waals surface area (Å²) in [5.41, 5.74) is 5.60. The van der Waals surface area contributed by atoms with Crippen LogP contribution >= 0.6 is 11.3 Å². The van der Waals surface area contributed by atoms with Crippen LogP contribution in [0.2, 0.25) is 0 Å². The molecule has 10 heteroatoms. The summed E-state index contributed by atoms with van der Waals surface area (Å²) in [7, 11) is 1.86. The van der Waals surface area contributed by atoms with E-state index in [1.54, 1.807) is 22.2 Å². The Morgan fingerprint density at radius 2 is 2.15 bits per heavy atom. The minimum absolute atomic E-state index is 0.185. The van der Waals surface area contributed by atoms with Gasteiger partial charge in [0, 0.05) is 59.1 Å². The second kappa shape index (κ2) is 7.90. The molecule has 1 aliphatic heterocycles. The second-order valence-corrected chi connectivity index (χ2v) is 9.34. The molecule has 6 heterocycles. The molecular weight excluding hydrogens is 448 g/mol. The molecule has 5 aromatic heterocycles. The molecule has 1 saturated heterocycles. The fourth-order valence-corrected chi connectivity index (χ4v) is 5.60. The molecular formula is C24H22N8OS. The zero-order valence-electron chi connectivity index (χ0n) is 19.0. The van der Waals surface area contributed by atoms with Crippen LogP contribution in [0.15, 0.2) is 29.9 Å². The molecule has 0 unspecified atom stereocenters. The van der Waals surface area contributed by atoms with Crippen molar-refractivity contribution in [1.29, 1.82) is 5.26 Å². The lowest BCUT2D eigenvalue weighted by atomic mass is 10.1. The Balaban J connectivity index is 1.66. The average Bonchev–Trinajstić information content (AvgIpc) is 3.56. The normalized spacial score (nSPS) is 16.4. The van der Waals surface area contributed by atoms with E-state index < -0.39 is 0 Å². The molecule has 34 heavy (non-hydrogen) atoms. The van der Waals surface area contributed by atoms with Crippen LogP contribution < -0.4 is 4.90 Å². The first-order valence-electron chi connectivity index (χ1n) is 11.1. The third-order valence-corrected chi connectivity index (χ3v) is 7.41. The Morgan fingerprint density at radius 1 is 1.26 bits per heavy atom. The van der Waals surface area contributed by atoms with E-state index in [2.05, 4.69) is 38.3 Å². The molecule has 1 aliphatic rings. The lowest BCUT2D eigenvalue weighted by Crippen LogP contribution is -2.44. The molecule has 9 nitrogen and oxygen atoms in total. The summed E-state index contributed by atoms with van der Waals surface area (Å²) in [6, 6.07) is 6.38. The van der Waals surface area contributed by atoms with E-state index in [0.717, 1.165) is 56.0 Å². The quantitative estimate of drug-likeness (QED) is 0.424. The first kappa shape index (κ1) is 20.8. The first-order valence-corrected chi connectivity index (χ1v) is 11.9. The van der Waals surface area contributed by atoms with Crippen molar-refractivity contribution in [1.82, 2.24) is 29.7 Å². The van der Waals surface area contributed by atoms with Crippen molar-refractivity contribution in [2.45, 2.75) is 19.9 Å². The van der Waals surface area contributed by atoms with Crippen LogP contribution in [-0.4, -0.2) is 55.5 Å². The van der Waals surface area contributed by atoms with E-state index in [1.807, 2.05) is 32.3 Å². The number of aryl methyl sites for hydroxylation is 1. The first-order chi connectivity index (χ1) is 16.6. The number of anilines is 1. The SMILES string of the molecule is Cc1c(-c2csc3c(N4CCOC[C@H]4C)nc(-c4ccnc5[nH]ccc45)nc23)c(C#N)nn1C. The van der Waals surface area contributed by atoms with Gasteiger partial charge in [-0.1, -0.05) is 0 Å². The molecule has 0 radical (unpaired) electrons. The summed E-state index contributed by atoms with van der Waals surface area (Å²) in [6.45, 7) is 6.19. The Kier molecular flexibility index (Phi) is 4.83. The number of nitrogens with zero attached hydrogens (tertiary/aromatic N) is 7. The number of ether oxygens (including phenoxy) is 1. The van der Waals surface area contributed by atoms with E-state index in [1.165, 1.54) is 0 Å². The number of aromatic amines is 1. The van der Waals surface area contributed by atoms with Crippen LogP contribution in [-0.2, 0) is 11.8 Å². The molecule has 1 N–H and O–H groups in total. The van der Waals surface area contributed by atoms with E-state index in [9.17, 15) is 5.26 Å². The van der Waals surface area contributed by atoms with Gasteiger partial charge >= 0.3 is 0 Å². The van der Waals surface area contributed by atoms with Crippen molar-refractivity contribution >= 4 is 38.4 Å². The van der Waals surface area contributed by atoms with Gasteiger partial charge in [-0.25, -0.2) is 15.0 Å². The number of rotatable bonds is 3. The van der Waals surface area contributed by atoms with Crippen molar-refractivity contribution in [2.24, 2.45) is 7.05 Å². The van der Waals surface area contributed by atoms with E-state index in [4.69, 9.17) is 14.7 Å². The highest BCUT2D eigenvalue weighted by Gasteiger charge is 2.27. The molecule has 1 atom stereocenters. The maximum absolute atomic E-state index is 9.76. The van der Waals surface area contributed by atoms with Gasteiger partial charge in [0.15, 0.2) is 17.3 Å². The second-order valence-electron chi connectivity index (χ2n) is 8.46. The molecule has 0 aliphatic carbocycles. The van der Waals surface area contributed by atoms with Crippen LogP contribution in [0.3, 0.4) is 0 Å². The summed E-state index contributed by atoms with van der Waals surface area (Å²) in [5, 5.41) is 17.2. The van der Waals surface area contributed by atoms with Crippen LogP contribution in [0.1, 0.15) is 18.3 Å². The van der Waals surface area contributed by atoms with Gasteiger partial charge in [0.05, 0.1) is 29.5 Å². The summed E-state index contributed by atoms with van der Waals surface area (Å²) < 4.78 is 8.44. The summed E-state index contributed by atoms with van der Waals surface area (Å²) in [5.74, 6) is 1.53. The Labute approximate surface area is 199 Å². The molecule has 0 spiro atoms.